The summed E-state index contributed by atoms with van der Waals surface area (Å²) in [6.45, 7) is 2.97. The normalized spacial score (nSPS) is 22.9. The summed E-state index contributed by atoms with van der Waals surface area (Å²) in [6, 6.07) is 8.34. The van der Waals surface area contributed by atoms with Gasteiger partial charge in [-0.2, -0.15) is 0 Å². The van der Waals surface area contributed by atoms with E-state index in [1.165, 1.54) is 11.1 Å². The zero-order chi connectivity index (χ0) is 9.97. The highest BCUT2D eigenvalue weighted by Crippen LogP contribution is 2.32. The topological polar surface area (TPSA) is 29.5 Å². The van der Waals surface area contributed by atoms with Crippen LogP contribution in [0.25, 0.3) is 0 Å². The molecule has 0 fully saturated rings. The van der Waals surface area contributed by atoms with E-state index in [9.17, 15) is 0 Å². The molecule has 2 atom stereocenters. The first-order valence-electron chi connectivity index (χ1n) is 5.13. The Balaban J connectivity index is 2.30. The van der Waals surface area contributed by atoms with Gasteiger partial charge in [-0.05, 0) is 17.5 Å². The molecule has 14 heavy (non-hydrogen) atoms. The highest BCUT2D eigenvalue weighted by molar-refractivity contribution is 5.31. The van der Waals surface area contributed by atoms with Gasteiger partial charge in [-0.1, -0.05) is 31.2 Å². The van der Waals surface area contributed by atoms with E-state index in [1.807, 2.05) is 13.0 Å². The van der Waals surface area contributed by atoms with Gasteiger partial charge in [0, 0.05) is 12.5 Å². The van der Waals surface area contributed by atoms with Crippen LogP contribution in [0.1, 0.15) is 24.2 Å². The molecule has 2 rings (SSSR count). The Kier molecular flexibility index (Phi) is 2.85. The molecule has 0 saturated heterocycles. The Morgan fingerprint density at radius 1 is 1.50 bits per heavy atom. The molecule has 0 spiro atoms. The Bertz CT molecular complexity index is 309. The quantitative estimate of drug-likeness (QED) is 0.775. The molecule has 2 heteroatoms. The molecule has 76 valence electrons. The van der Waals surface area contributed by atoms with Crippen molar-refractivity contribution >= 4 is 0 Å². The summed E-state index contributed by atoms with van der Waals surface area (Å²) in [5, 5.41) is 9.13. The maximum Gasteiger partial charge on any atom is 0.0875 e. The van der Waals surface area contributed by atoms with Crippen molar-refractivity contribution in [1.82, 2.24) is 0 Å². The van der Waals surface area contributed by atoms with Crippen LogP contribution in [0.4, 0.5) is 0 Å². The van der Waals surface area contributed by atoms with Gasteiger partial charge in [0.05, 0.1) is 12.7 Å². The monoisotopic (exact) mass is 192 g/mol. The van der Waals surface area contributed by atoms with E-state index in [-0.39, 0.29) is 18.6 Å². The summed E-state index contributed by atoms with van der Waals surface area (Å²) >= 11 is 0. The fourth-order valence-corrected chi connectivity index (χ4v) is 1.99. The molecule has 0 radical (unpaired) electrons. The third kappa shape index (κ3) is 1.68. The molecule has 1 aromatic rings. The van der Waals surface area contributed by atoms with Gasteiger partial charge in [-0.15, -0.1) is 0 Å². The average Bonchev–Trinajstić information content (AvgIpc) is 2.27. The van der Waals surface area contributed by atoms with Crippen LogP contribution >= 0.6 is 0 Å². The van der Waals surface area contributed by atoms with Crippen molar-refractivity contribution < 1.29 is 9.84 Å². The highest BCUT2D eigenvalue weighted by atomic mass is 16.5. The number of aliphatic hydroxyl groups is 1. The molecule has 0 saturated carbocycles. The van der Waals surface area contributed by atoms with Gasteiger partial charge in [-0.25, -0.2) is 0 Å². The number of benzene rings is 1. The van der Waals surface area contributed by atoms with Crippen LogP contribution in [0.5, 0.6) is 0 Å². The second-order valence-electron chi connectivity index (χ2n) is 3.90. The number of hydrogen-bond acceptors (Lipinski definition) is 2. The summed E-state index contributed by atoms with van der Waals surface area (Å²) in [7, 11) is 0. The number of aliphatic hydroxyl groups excluding tert-OH is 1. The minimum absolute atomic E-state index is 0.0740. The standard InChI is InChI=1S/C12H16O2/c1-9(8-13)12-11-5-3-2-4-10(11)6-7-14-12/h2-5,9,12-13H,6-8H2,1H3/t9-,12+/m0/s1. The van der Waals surface area contributed by atoms with E-state index in [2.05, 4.69) is 18.2 Å². The van der Waals surface area contributed by atoms with Gasteiger partial charge in [0.1, 0.15) is 0 Å². The van der Waals surface area contributed by atoms with Crippen molar-refractivity contribution in [3.05, 3.63) is 35.4 Å². The minimum Gasteiger partial charge on any atom is -0.396 e. The predicted molar refractivity (Wildman–Crippen MR) is 55.1 cm³/mol. The van der Waals surface area contributed by atoms with Crippen molar-refractivity contribution in [2.45, 2.75) is 19.4 Å². The summed E-state index contributed by atoms with van der Waals surface area (Å²) < 4.78 is 5.70. The van der Waals surface area contributed by atoms with Gasteiger partial charge in [0.2, 0.25) is 0 Å². The van der Waals surface area contributed by atoms with Crippen molar-refractivity contribution in [1.29, 1.82) is 0 Å². The van der Waals surface area contributed by atoms with Gasteiger partial charge < -0.3 is 9.84 Å². The van der Waals surface area contributed by atoms with E-state index in [0.717, 1.165) is 13.0 Å². The van der Waals surface area contributed by atoms with Gasteiger partial charge >= 0.3 is 0 Å². The van der Waals surface area contributed by atoms with E-state index in [4.69, 9.17) is 9.84 Å². The lowest BCUT2D eigenvalue weighted by molar-refractivity contribution is -0.0103. The Hall–Kier alpha value is -0.860. The third-order valence-electron chi connectivity index (χ3n) is 2.84. The van der Waals surface area contributed by atoms with Crippen LogP contribution < -0.4 is 0 Å². The summed E-state index contributed by atoms with van der Waals surface area (Å²) in [6.07, 6.45) is 1.06. The van der Waals surface area contributed by atoms with Gasteiger partial charge in [-0.3, -0.25) is 0 Å². The number of hydrogen-bond donors (Lipinski definition) is 1. The number of ether oxygens (including phenoxy) is 1. The molecule has 0 aromatic heterocycles. The van der Waals surface area contributed by atoms with Crippen molar-refractivity contribution in [3.8, 4) is 0 Å². The molecule has 2 nitrogen and oxygen atoms in total. The van der Waals surface area contributed by atoms with Crippen LogP contribution in [0.3, 0.4) is 0 Å². The highest BCUT2D eigenvalue weighted by Gasteiger charge is 2.24. The van der Waals surface area contributed by atoms with Crippen LogP contribution in [-0.2, 0) is 11.2 Å². The molecular weight excluding hydrogens is 176 g/mol. The second-order valence-corrected chi connectivity index (χ2v) is 3.90. The van der Waals surface area contributed by atoms with Crippen LogP contribution in [-0.4, -0.2) is 18.3 Å². The largest absolute Gasteiger partial charge is 0.396 e. The summed E-state index contributed by atoms with van der Waals surface area (Å²) in [4.78, 5) is 0. The molecule has 0 unspecified atom stereocenters. The maximum atomic E-state index is 9.13. The zero-order valence-corrected chi connectivity index (χ0v) is 8.44. The Morgan fingerprint density at radius 2 is 2.29 bits per heavy atom. The fraction of sp³-hybridized carbons (Fsp3) is 0.500. The van der Waals surface area contributed by atoms with E-state index < -0.39 is 0 Å². The number of rotatable bonds is 2. The number of fused-ring (bicyclic) bond motifs is 1. The maximum absolute atomic E-state index is 9.13. The Morgan fingerprint density at radius 3 is 3.07 bits per heavy atom. The average molecular weight is 192 g/mol. The lowest BCUT2D eigenvalue weighted by atomic mass is 9.91. The lowest BCUT2D eigenvalue weighted by Gasteiger charge is -2.29. The Labute approximate surface area is 84.5 Å². The minimum atomic E-state index is 0.0740. The van der Waals surface area contributed by atoms with Crippen LogP contribution in [0, 0.1) is 5.92 Å². The van der Waals surface area contributed by atoms with Gasteiger partial charge in [0.15, 0.2) is 0 Å². The molecule has 1 heterocycles. The molecule has 0 amide bonds. The first-order chi connectivity index (χ1) is 6.83. The molecule has 1 N–H and O–H groups in total. The fourth-order valence-electron chi connectivity index (χ4n) is 1.99. The van der Waals surface area contributed by atoms with E-state index in [0.29, 0.717) is 0 Å². The third-order valence-corrected chi connectivity index (χ3v) is 2.84. The second kappa shape index (κ2) is 4.11. The molecule has 0 bridgehead atoms. The van der Waals surface area contributed by atoms with E-state index >= 15 is 0 Å². The SMILES string of the molecule is C[C@@H](CO)[C@H]1OCCc2ccccc21. The first kappa shape index (κ1) is 9.69. The molecule has 0 aliphatic carbocycles. The van der Waals surface area contributed by atoms with E-state index in [1.54, 1.807) is 0 Å². The summed E-state index contributed by atoms with van der Waals surface area (Å²) in [5.41, 5.74) is 2.62. The van der Waals surface area contributed by atoms with Crippen molar-refractivity contribution in [3.63, 3.8) is 0 Å². The first-order valence-corrected chi connectivity index (χ1v) is 5.13. The van der Waals surface area contributed by atoms with Crippen molar-refractivity contribution in [2.24, 2.45) is 5.92 Å². The molecular formula is C12H16O2. The zero-order valence-electron chi connectivity index (χ0n) is 8.44. The lowest BCUT2D eigenvalue weighted by Crippen LogP contribution is -2.23. The predicted octanol–water partition coefficient (Wildman–Crippen LogP) is 1.93. The van der Waals surface area contributed by atoms with Crippen molar-refractivity contribution in [2.75, 3.05) is 13.2 Å². The molecule has 1 aliphatic heterocycles. The van der Waals surface area contributed by atoms with Crippen LogP contribution in [0.15, 0.2) is 24.3 Å². The smallest absolute Gasteiger partial charge is 0.0875 e. The van der Waals surface area contributed by atoms with Crippen LogP contribution in [0.2, 0.25) is 0 Å². The molecule has 1 aliphatic rings. The molecule has 1 aromatic carbocycles. The summed E-state index contributed by atoms with van der Waals surface area (Å²) in [5.74, 6) is 0.177. The van der Waals surface area contributed by atoms with Gasteiger partial charge in [0.25, 0.3) is 0 Å².